The molecule has 0 fully saturated rings. The van der Waals surface area contributed by atoms with Gasteiger partial charge in [-0.15, -0.1) is 0 Å². The maximum atomic E-state index is 12.0. The van der Waals surface area contributed by atoms with Crippen LogP contribution < -0.4 is 10.0 Å². The lowest BCUT2D eigenvalue weighted by molar-refractivity contribution is -0.120. The maximum Gasteiger partial charge on any atom is 0.352 e. The molecule has 1 rings (SSSR count). The Labute approximate surface area is 123 Å². The molecule has 1 aromatic rings. The highest BCUT2D eigenvalue weighted by Crippen LogP contribution is 2.13. The van der Waals surface area contributed by atoms with Gasteiger partial charge in [0, 0.05) is 19.8 Å². The Morgan fingerprint density at radius 1 is 1.38 bits per heavy atom. The quantitative estimate of drug-likeness (QED) is 0.642. The average Bonchev–Trinajstić information content (AvgIpc) is 2.77. The fourth-order valence-corrected chi connectivity index (χ4v) is 2.57. The van der Waals surface area contributed by atoms with Crippen LogP contribution in [0.4, 0.5) is 0 Å². The zero-order valence-electron chi connectivity index (χ0n) is 12.1. The van der Waals surface area contributed by atoms with Crippen molar-refractivity contribution in [2.45, 2.75) is 18.7 Å². The molecule has 9 heteroatoms. The smallest absolute Gasteiger partial charge is 0.352 e. The van der Waals surface area contributed by atoms with Gasteiger partial charge >= 0.3 is 5.97 Å². The first-order chi connectivity index (χ1) is 9.63. The van der Waals surface area contributed by atoms with Crippen molar-refractivity contribution in [3.05, 3.63) is 18.0 Å². The maximum absolute atomic E-state index is 12.0. The Morgan fingerprint density at radius 2 is 2.00 bits per heavy atom. The van der Waals surface area contributed by atoms with E-state index in [0.717, 1.165) is 6.07 Å². The third-order valence-electron chi connectivity index (χ3n) is 2.64. The third-order valence-corrected chi connectivity index (χ3v) is 4.01. The summed E-state index contributed by atoms with van der Waals surface area (Å²) >= 11 is 0. The number of carbonyl (C=O) groups excluding carboxylic acids is 1. The standard InChI is InChI=1S/C12H19N3O5S/c1-8(2)5-13-11(16)6-14-21(19,20)9-4-10(12(17)18)15(3)7-9/h4,7-8,14H,5-6H2,1-3H3,(H,13,16)(H,17,18). The van der Waals surface area contributed by atoms with Gasteiger partial charge in [-0.1, -0.05) is 13.8 Å². The predicted octanol–water partition coefficient (Wildman–Crippen LogP) is -0.226. The molecule has 1 aromatic heterocycles. The first kappa shape index (κ1) is 17.2. The van der Waals surface area contributed by atoms with Crippen LogP contribution in [0.1, 0.15) is 24.3 Å². The van der Waals surface area contributed by atoms with Crippen molar-refractivity contribution in [2.24, 2.45) is 13.0 Å². The van der Waals surface area contributed by atoms with E-state index in [1.54, 1.807) is 0 Å². The van der Waals surface area contributed by atoms with Crippen molar-refractivity contribution in [3.8, 4) is 0 Å². The van der Waals surface area contributed by atoms with Crippen molar-refractivity contribution in [3.63, 3.8) is 0 Å². The molecule has 0 aliphatic rings. The van der Waals surface area contributed by atoms with Gasteiger partial charge in [0.2, 0.25) is 15.9 Å². The minimum atomic E-state index is -3.92. The minimum Gasteiger partial charge on any atom is -0.477 e. The van der Waals surface area contributed by atoms with E-state index in [4.69, 9.17) is 5.11 Å². The van der Waals surface area contributed by atoms with Crippen LogP contribution in [0.25, 0.3) is 0 Å². The van der Waals surface area contributed by atoms with E-state index in [0.29, 0.717) is 6.54 Å². The summed E-state index contributed by atoms with van der Waals surface area (Å²) < 4.78 is 27.3. The molecule has 21 heavy (non-hydrogen) atoms. The van der Waals surface area contributed by atoms with Crippen LogP contribution in [0.3, 0.4) is 0 Å². The van der Waals surface area contributed by atoms with Crippen molar-refractivity contribution in [1.29, 1.82) is 0 Å². The van der Waals surface area contributed by atoms with Gasteiger partial charge in [-0.3, -0.25) is 4.79 Å². The van der Waals surface area contributed by atoms with Crippen LogP contribution in [0, 0.1) is 5.92 Å². The van der Waals surface area contributed by atoms with Crippen molar-refractivity contribution < 1.29 is 23.1 Å². The summed E-state index contributed by atoms with van der Waals surface area (Å²) in [7, 11) is -2.50. The van der Waals surface area contributed by atoms with Crippen LogP contribution >= 0.6 is 0 Å². The lowest BCUT2D eigenvalue weighted by Crippen LogP contribution is -2.38. The predicted molar refractivity (Wildman–Crippen MR) is 75.4 cm³/mol. The van der Waals surface area contributed by atoms with E-state index >= 15 is 0 Å². The molecular formula is C12H19N3O5S. The van der Waals surface area contributed by atoms with E-state index in [2.05, 4.69) is 10.0 Å². The Balaban J connectivity index is 2.72. The number of hydrogen-bond donors (Lipinski definition) is 3. The van der Waals surface area contributed by atoms with Gasteiger partial charge in [-0.2, -0.15) is 0 Å². The molecule has 0 aromatic carbocycles. The van der Waals surface area contributed by atoms with Gasteiger partial charge in [0.05, 0.1) is 6.54 Å². The minimum absolute atomic E-state index is 0.153. The number of nitrogens with one attached hydrogen (secondary N) is 2. The topological polar surface area (TPSA) is 118 Å². The molecule has 1 amide bonds. The summed E-state index contributed by atoms with van der Waals surface area (Å²) in [6.45, 7) is 3.89. The molecule has 0 radical (unpaired) electrons. The van der Waals surface area contributed by atoms with Crippen LogP contribution in [0.5, 0.6) is 0 Å². The van der Waals surface area contributed by atoms with Gasteiger partial charge in [0.25, 0.3) is 0 Å². The molecule has 0 bridgehead atoms. The SMILES string of the molecule is CC(C)CNC(=O)CNS(=O)(=O)c1cc(C(=O)O)n(C)c1. The first-order valence-corrected chi connectivity index (χ1v) is 7.78. The summed E-state index contributed by atoms with van der Waals surface area (Å²) in [5, 5.41) is 11.5. The Morgan fingerprint density at radius 3 is 2.48 bits per heavy atom. The summed E-state index contributed by atoms with van der Waals surface area (Å²) in [5.41, 5.74) is -0.153. The molecule has 0 saturated carbocycles. The highest BCUT2D eigenvalue weighted by atomic mass is 32.2. The number of sulfonamides is 1. The van der Waals surface area contributed by atoms with Crippen molar-refractivity contribution in [2.75, 3.05) is 13.1 Å². The number of hydrogen-bond acceptors (Lipinski definition) is 4. The lowest BCUT2D eigenvalue weighted by atomic mass is 10.2. The van der Waals surface area contributed by atoms with Crippen LogP contribution in [-0.4, -0.2) is 43.1 Å². The van der Waals surface area contributed by atoms with E-state index in [-0.39, 0.29) is 16.5 Å². The molecule has 0 atom stereocenters. The van der Waals surface area contributed by atoms with Crippen LogP contribution in [-0.2, 0) is 21.9 Å². The highest BCUT2D eigenvalue weighted by molar-refractivity contribution is 7.89. The number of rotatable bonds is 7. The Bertz CT molecular complexity index is 633. The summed E-state index contributed by atoms with van der Waals surface area (Å²) in [6, 6.07) is 1.04. The van der Waals surface area contributed by atoms with E-state index in [1.807, 2.05) is 13.8 Å². The molecule has 0 spiro atoms. The summed E-state index contributed by atoms with van der Waals surface area (Å²) in [4.78, 5) is 22.2. The van der Waals surface area contributed by atoms with Gasteiger partial charge in [0.1, 0.15) is 10.6 Å². The molecule has 8 nitrogen and oxygen atoms in total. The third kappa shape index (κ3) is 4.87. The largest absolute Gasteiger partial charge is 0.477 e. The lowest BCUT2D eigenvalue weighted by Gasteiger charge is -2.08. The monoisotopic (exact) mass is 317 g/mol. The zero-order valence-corrected chi connectivity index (χ0v) is 12.9. The highest BCUT2D eigenvalue weighted by Gasteiger charge is 2.20. The molecule has 3 N–H and O–H groups in total. The van der Waals surface area contributed by atoms with Crippen LogP contribution in [0.15, 0.2) is 17.2 Å². The fourth-order valence-electron chi connectivity index (χ4n) is 1.52. The van der Waals surface area contributed by atoms with E-state index in [1.165, 1.54) is 17.8 Å². The van der Waals surface area contributed by atoms with Gasteiger partial charge in [0.15, 0.2) is 0 Å². The number of aromatic carboxylic acids is 1. The molecule has 1 heterocycles. The van der Waals surface area contributed by atoms with E-state index in [9.17, 15) is 18.0 Å². The molecule has 118 valence electrons. The number of carboxylic acid groups (broad SMARTS) is 1. The number of carboxylic acids is 1. The van der Waals surface area contributed by atoms with Crippen LogP contribution in [0.2, 0.25) is 0 Å². The summed E-state index contributed by atoms with van der Waals surface area (Å²) in [6.07, 6.45) is 1.18. The average molecular weight is 317 g/mol. The Hall–Kier alpha value is -1.87. The molecule has 0 aliphatic carbocycles. The zero-order chi connectivity index (χ0) is 16.2. The number of amides is 1. The van der Waals surface area contributed by atoms with Gasteiger partial charge in [-0.05, 0) is 12.0 Å². The fraction of sp³-hybridized carbons (Fsp3) is 0.500. The number of aryl methyl sites for hydroxylation is 1. The first-order valence-electron chi connectivity index (χ1n) is 6.29. The normalized spacial score (nSPS) is 11.6. The molecule has 0 saturated heterocycles. The van der Waals surface area contributed by atoms with E-state index < -0.39 is 28.4 Å². The van der Waals surface area contributed by atoms with Crippen molar-refractivity contribution >= 4 is 21.9 Å². The molecule has 0 aliphatic heterocycles. The van der Waals surface area contributed by atoms with Gasteiger partial charge < -0.3 is 15.0 Å². The van der Waals surface area contributed by atoms with Crippen molar-refractivity contribution in [1.82, 2.24) is 14.6 Å². The molecule has 0 unspecified atom stereocenters. The number of aromatic nitrogens is 1. The Kier molecular flexibility index (Phi) is 5.50. The second kappa shape index (κ2) is 6.72. The number of carbonyl (C=O) groups is 2. The number of nitrogens with zero attached hydrogens (tertiary/aromatic N) is 1. The second-order valence-electron chi connectivity index (χ2n) is 5.00. The summed E-state index contributed by atoms with van der Waals surface area (Å²) in [5.74, 6) is -1.41. The van der Waals surface area contributed by atoms with Gasteiger partial charge in [-0.25, -0.2) is 17.9 Å². The second-order valence-corrected chi connectivity index (χ2v) is 6.77. The molecular weight excluding hydrogens is 298 g/mol.